The third kappa shape index (κ3) is 33.4. The molecule has 0 unspecified atom stereocenters. The van der Waals surface area contributed by atoms with Crippen molar-refractivity contribution in [2.24, 2.45) is 10.7 Å². The van der Waals surface area contributed by atoms with Crippen molar-refractivity contribution in [3.63, 3.8) is 0 Å². The van der Waals surface area contributed by atoms with Crippen molar-refractivity contribution in [3.8, 4) is 0 Å². The molecule has 11 heteroatoms. The van der Waals surface area contributed by atoms with Crippen molar-refractivity contribution in [1.82, 2.24) is 0 Å². The molecule has 0 bridgehead atoms. The van der Waals surface area contributed by atoms with E-state index in [9.17, 15) is 4.79 Å². The van der Waals surface area contributed by atoms with E-state index < -0.39 is 0 Å². The first-order chi connectivity index (χ1) is 17.3. The van der Waals surface area contributed by atoms with Crippen LogP contribution in [0.3, 0.4) is 0 Å². The van der Waals surface area contributed by atoms with Gasteiger partial charge in [0.15, 0.2) is 5.11 Å². The Bertz CT molecular complexity index is 963. The van der Waals surface area contributed by atoms with Crippen LogP contribution in [0.25, 0.3) is 0 Å². The first-order valence-electron chi connectivity index (χ1n) is 10.6. The molecule has 0 aliphatic rings. The van der Waals surface area contributed by atoms with E-state index in [0.717, 1.165) is 11.4 Å². The SMILES string of the molecule is C.CC.CC.NC(=S)Nc1ccccc1.Nc1ccccc1.O=C(N=C=S)c1ccccc1.[I][V]([I])[I]. The van der Waals surface area contributed by atoms with Crippen LogP contribution in [0.1, 0.15) is 45.5 Å². The topological polar surface area (TPSA) is 93.5 Å². The Morgan fingerprint density at radius 2 is 1.19 bits per heavy atom. The normalized spacial score (nSPS) is 7.78. The number of anilines is 2. The zero-order valence-corrected chi connectivity index (χ0v) is 30.1. The van der Waals surface area contributed by atoms with Gasteiger partial charge in [-0.1, -0.05) is 89.7 Å². The molecule has 204 valence electrons. The summed E-state index contributed by atoms with van der Waals surface area (Å²) in [7, 11) is 0. The van der Waals surface area contributed by atoms with Gasteiger partial charge in [0.25, 0.3) is 5.91 Å². The van der Waals surface area contributed by atoms with Gasteiger partial charge >= 0.3 is 64.9 Å². The van der Waals surface area contributed by atoms with E-state index in [1.807, 2.05) is 99.6 Å². The van der Waals surface area contributed by atoms with Crippen LogP contribution < -0.4 is 16.8 Å². The van der Waals surface area contributed by atoms with Gasteiger partial charge in [0.05, 0.1) is 5.16 Å². The number of isothiocyanates is 1. The zero-order chi connectivity index (χ0) is 28.2. The summed E-state index contributed by atoms with van der Waals surface area (Å²) in [4.78, 5) is 14.0. The third-order valence-corrected chi connectivity index (χ3v) is 3.20. The van der Waals surface area contributed by atoms with Gasteiger partial charge in [0.1, 0.15) is 0 Å². The minimum atomic E-state index is -0.347. The number of thiocarbonyl (C=S) groups is 2. The number of aliphatic imine (C=N–C) groups is 1. The van der Waals surface area contributed by atoms with Crippen molar-refractivity contribution >= 4 is 112 Å². The summed E-state index contributed by atoms with van der Waals surface area (Å²) in [5, 5.41) is 5.14. The van der Waals surface area contributed by atoms with Crippen LogP contribution in [0.4, 0.5) is 11.4 Å². The molecule has 0 heterocycles. The van der Waals surface area contributed by atoms with Crippen LogP contribution in [0.5, 0.6) is 0 Å². The number of hydrogen-bond donors (Lipinski definition) is 3. The van der Waals surface area contributed by atoms with Gasteiger partial charge in [-0.15, -0.1) is 0 Å². The summed E-state index contributed by atoms with van der Waals surface area (Å²) < 4.78 is 0. The molecule has 0 saturated heterocycles. The van der Waals surface area contributed by atoms with Crippen LogP contribution in [-0.2, 0) is 4.92 Å². The van der Waals surface area contributed by atoms with E-state index >= 15 is 0 Å². The second-order valence-electron chi connectivity index (χ2n) is 5.33. The molecule has 1 amide bonds. The number of benzene rings is 3. The second kappa shape index (κ2) is 33.4. The zero-order valence-electron chi connectivity index (χ0n) is 20.6. The van der Waals surface area contributed by atoms with Crippen LogP contribution in [-0.4, -0.2) is 16.2 Å². The number of nitrogens with two attached hydrogens (primary N) is 2. The summed E-state index contributed by atoms with van der Waals surface area (Å²) >= 11 is 16.3. The van der Waals surface area contributed by atoms with Crippen molar-refractivity contribution in [3.05, 3.63) is 96.6 Å². The fraction of sp³-hybridized carbons (Fsp3) is 0.192. The number of nitrogens with zero attached hydrogens (tertiary/aromatic N) is 1. The number of rotatable bonds is 2. The molecule has 3 aromatic carbocycles. The molecule has 0 atom stereocenters. The van der Waals surface area contributed by atoms with E-state index in [1.165, 1.54) is 0 Å². The number of carbonyl (C=O) groups is 1. The Balaban J connectivity index is -0.000000194. The quantitative estimate of drug-likeness (QED) is 0.103. The predicted octanol–water partition coefficient (Wildman–Crippen LogP) is 9.88. The summed E-state index contributed by atoms with van der Waals surface area (Å²) in [5.74, 6) is -0.347. The average molecular weight is 916 g/mol. The molecule has 0 fully saturated rings. The summed E-state index contributed by atoms with van der Waals surface area (Å²) in [6.45, 7) is 8.00. The van der Waals surface area contributed by atoms with Gasteiger partial charge in [0, 0.05) is 16.9 Å². The molecule has 37 heavy (non-hydrogen) atoms. The number of hydrogen-bond acceptors (Lipinski definition) is 4. The van der Waals surface area contributed by atoms with Crippen molar-refractivity contribution in [2.45, 2.75) is 35.1 Å². The van der Waals surface area contributed by atoms with Crippen LogP contribution >= 0.6 is 84.4 Å². The fourth-order valence-electron chi connectivity index (χ4n) is 1.80. The Kier molecular flexibility index (Phi) is 39.2. The average Bonchev–Trinajstić information content (AvgIpc) is 2.88. The molecular weight excluding hydrogens is 880 g/mol. The molecule has 0 spiro atoms. The summed E-state index contributed by atoms with van der Waals surface area (Å²) in [6, 6.07) is 27.8. The van der Waals surface area contributed by atoms with Gasteiger partial charge in [-0.05, 0) is 60.8 Å². The minimum absolute atomic E-state index is 0. The number of amides is 1. The van der Waals surface area contributed by atoms with E-state index in [2.05, 4.69) is 94.7 Å². The molecule has 0 aliphatic carbocycles. The van der Waals surface area contributed by atoms with Gasteiger partial charge in [0.2, 0.25) is 0 Å². The maximum absolute atomic E-state index is 10.9. The molecule has 3 aromatic rings. The Morgan fingerprint density at radius 1 is 0.838 bits per heavy atom. The molecule has 0 saturated carbocycles. The van der Waals surface area contributed by atoms with Gasteiger partial charge < -0.3 is 16.8 Å². The molecule has 5 N–H and O–H groups in total. The summed E-state index contributed by atoms with van der Waals surface area (Å²) in [6.07, 6.45) is 0. The number of carbonyl (C=O) groups excluding carboxylic acids is 1. The van der Waals surface area contributed by atoms with Gasteiger partial charge in [-0.25, -0.2) is 0 Å². The number of nitrogen functional groups attached to an aromatic ring is 1. The Morgan fingerprint density at radius 3 is 1.49 bits per heavy atom. The van der Waals surface area contributed by atoms with Gasteiger partial charge in [-0.3, -0.25) is 4.79 Å². The van der Waals surface area contributed by atoms with Crippen molar-refractivity contribution in [1.29, 1.82) is 0 Å². The van der Waals surface area contributed by atoms with Crippen LogP contribution in [0.2, 0.25) is 0 Å². The maximum atomic E-state index is 10.9. The van der Waals surface area contributed by atoms with E-state index in [1.54, 1.807) is 24.3 Å². The number of para-hydroxylation sites is 2. The predicted molar refractivity (Wildman–Crippen MR) is 195 cm³/mol. The number of halogens is 3. The second-order valence-corrected chi connectivity index (χ2v) is 41.3. The van der Waals surface area contributed by atoms with Crippen LogP contribution in [0, 0.1) is 0 Å². The van der Waals surface area contributed by atoms with E-state index in [0.29, 0.717) is 10.7 Å². The molecule has 0 aromatic heterocycles. The molecular formula is C26H36I3N4OS2V. The Labute approximate surface area is 271 Å². The monoisotopic (exact) mass is 916 g/mol. The van der Waals surface area contributed by atoms with Crippen molar-refractivity contribution < 1.29 is 9.72 Å². The van der Waals surface area contributed by atoms with Crippen LogP contribution in [0.15, 0.2) is 96.0 Å². The fourth-order valence-corrected chi connectivity index (χ4v) is 2.00. The Hall–Kier alpha value is -0.606. The first-order valence-corrected chi connectivity index (χ1v) is 25.0. The first kappa shape index (κ1) is 43.4. The van der Waals surface area contributed by atoms with E-state index in [-0.39, 0.29) is 18.3 Å². The number of nitrogens with one attached hydrogen (secondary N) is 1. The third-order valence-electron chi connectivity index (χ3n) is 3.01. The molecule has 5 nitrogen and oxygen atoms in total. The molecule has 3 rings (SSSR count). The molecule has 0 aliphatic heterocycles. The summed E-state index contributed by atoms with van der Waals surface area (Å²) in [5.41, 5.74) is 12.9. The standard InChI is InChI=1S/C8H5NOS.C7H8N2S.C6H7N.2C2H6.CH4.3HI.V/c10-8(9-6-11)7-4-2-1-3-5-7;8-7(10)9-6-4-2-1-3-5-6;7-6-4-2-1-3-5-6;2*1-2;;;;;/h1-5H;1-5H,(H3,8,9,10);1-5H,7H2;2*1-2H3;1H4;3*1H;/q;;;;;;;;;+3/p-3. The van der Waals surface area contributed by atoms with Gasteiger partial charge in [-0.2, -0.15) is 4.99 Å². The van der Waals surface area contributed by atoms with E-state index in [4.69, 9.17) is 11.5 Å². The molecule has 0 radical (unpaired) electrons. The van der Waals surface area contributed by atoms with Crippen molar-refractivity contribution in [2.75, 3.05) is 11.1 Å².